The second kappa shape index (κ2) is 15.4. The smallest absolute Gasteiger partial charge is 0.237 e. The Morgan fingerprint density at radius 3 is 1.71 bits per heavy atom. The van der Waals surface area contributed by atoms with E-state index >= 15 is 0 Å². The molecule has 0 aliphatic rings. The van der Waals surface area contributed by atoms with Crippen LogP contribution in [0.4, 0.5) is 0 Å². The van der Waals surface area contributed by atoms with Gasteiger partial charge in [-0.2, -0.15) is 0 Å². The number of carbonyl (C=O) groups is 1. The Kier molecular flexibility index (Phi) is 19.7. The minimum Gasteiger partial charge on any atom is -0.354 e. The van der Waals surface area contributed by atoms with Crippen molar-refractivity contribution in [3.05, 3.63) is 0 Å². The zero-order chi connectivity index (χ0) is 14.4. The van der Waals surface area contributed by atoms with Crippen LogP contribution in [0.3, 0.4) is 0 Å². The molecule has 106 valence electrons. The lowest BCUT2D eigenvalue weighted by molar-refractivity contribution is -0.123. The van der Waals surface area contributed by atoms with E-state index in [1.807, 2.05) is 27.7 Å². The Balaban J connectivity index is -0.000000337. The van der Waals surface area contributed by atoms with Gasteiger partial charge in [-0.1, -0.05) is 61.8 Å². The van der Waals surface area contributed by atoms with Crippen LogP contribution in [0.15, 0.2) is 0 Å². The van der Waals surface area contributed by atoms with Gasteiger partial charge in [0.25, 0.3) is 0 Å². The molecule has 1 amide bonds. The summed E-state index contributed by atoms with van der Waals surface area (Å²) in [6.07, 6.45) is 1.25. The van der Waals surface area contributed by atoms with Crippen molar-refractivity contribution in [2.45, 2.75) is 67.9 Å². The van der Waals surface area contributed by atoms with E-state index in [-0.39, 0.29) is 17.9 Å². The molecule has 0 saturated carbocycles. The third-order valence-corrected chi connectivity index (χ3v) is 1.71. The minimum absolute atomic E-state index is 0.0429. The predicted molar refractivity (Wildman–Crippen MR) is 78.0 cm³/mol. The van der Waals surface area contributed by atoms with Crippen molar-refractivity contribution in [2.75, 3.05) is 6.54 Å². The molecule has 1 atom stereocenters. The summed E-state index contributed by atoms with van der Waals surface area (Å²) in [5.41, 5.74) is 5.63. The lowest BCUT2D eigenvalue weighted by atomic mass is 10.0. The number of hydrogen-bond donors (Lipinski definition) is 2. The maximum Gasteiger partial charge on any atom is 0.237 e. The lowest BCUT2D eigenvalue weighted by Gasteiger charge is -2.16. The van der Waals surface area contributed by atoms with Gasteiger partial charge in [0.05, 0.1) is 6.04 Å². The topological polar surface area (TPSA) is 55.1 Å². The lowest BCUT2D eigenvalue weighted by Crippen LogP contribution is -2.44. The van der Waals surface area contributed by atoms with Crippen molar-refractivity contribution >= 4 is 5.91 Å². The summed E-state index contributed by atoms with van der Waals surface area (Å²) in [6.45, 7) is 17.0. The number of carbonyl (C=O) groups excluding carboxylic acids is 1. The number of nitrogens with one attached hydrogen (secondary N) is 1. The molecule has 0 aliphatic carbocycles. The van der Waals surface area contributed by atoms with Gasteiger partial charge in [-0.05, 0) is 11.8 Å². The van der Waals surface area contributed by atoms with E-state index < -0.39 is 0 Å². The van der Waals surface area contributed by atoms with Crippen LogP contribution in [0.2, 0.25) is 0 Å². The quantitative estimate of drug-likeness (QED) is 0.800. The van der Waals surface area contributed by atoms with Gasteiger partial charge in [-0.25, -0.2) is 0 Å². The van der Waals surface area contributed by atoms with Gasteiger partial charge in [-0.3, -0.25) is 4.79 Å². The molecule has 0 bridgehead atoms. The van der Waals surface area contributed by atoms with Gasteiger partial charge in [0, 0.05) is 6.54 Å². The van der Waals surface area contributed by atoms with Gasteiger partial charge in [-0.15, -0.1) is 0 Å². The van der Waals surface area contributed by atoms with Crippen LogP contribution in [0, 0.1) is 11.8 Å². The van der Waals surface area contributed by atoms with E-state index in [4.69, 9.17) is 5.73 Å². The molecule has 1 unspecified atom stereocenters. The highest BCUT2D eigenvalue weighted by Crippen LogP contribution is 1.98. The molecule has 0 aliphatic heterocycles. The number of amides is 1. The van der Waals surface area contributed by atoms with E-state index in [2.05, 4.69) is 33.0 Å². The first-order valence-electron chi connectivity index (χ1n) is 6.89. The highest BCUT2D eigenvalue weighted by molar-refractivity contribution is 5.81. The van der Waals surface area contributed by atoms with Crippen molar-refractivity contribution in [1.82, 2.24) is 5.32 Å². The summed E-state index contributed by atoms with van der Waals surface area (Å²) in [6, 6.07) is -0.372. The average Bonchev–Trinajstić information content (AvgIpc) is 2.28. The molecule has 0 spiro atoms. The van der Waals surface area contributed by atoms with E-state index in [1.165, 1.54) is 6.42 Å². The summed E-state index contributed by atoms with van der Waals surface area (Å²) in [4.78, 5) is 11.3. The van der Waals surface area contributed by atoms with Gasteiger partial charge in [0.2, 0.25) is 5.91 Å². The summed E-state index contributed by atoms with van der Waals surface area (Å²) in [5.74, 6) is 0.643. The molecule has 0 aromatic rings. The SMILES string of the molecule is CC.CC(C)CNC(=O)C(N)C(C)C.CCC. The van der Waals surface area contributed by atoms with Crippen molar-refractivity contribution in [3.8, 4) is 0 Å². The zero-order valence-corrected chi connectivity index (χ0v) is 13.1. The maximum atomic E-state index is 11.3. The highest BCUT2D eigenvalue weighted by atomic mass is 16.2. The van der Waals surface area contributed by atoms with Crippen LogP contribution in [0.5, 0.6) is 0 Å². The number of hydrogen-bond acceptors (Lipinski definition) is 2. The molecule has 0 aromatic heterocycles. The normalized spacial score (nSPS) is 11.0. The van der Waals surface area contributed by atoms with Gasteiger partial charge >= 0.3 is 0 Å². The van der Waals surface area contributed by atoms with Crippen LogP contribution in [0.1, 0.15) is 61.8 Å². The van der Waals surface area contributed by atoms with E-state index in [0.29, 0.717) is 12.5 Å². The molecule has 3 N–H and O–H groups in total. The Morgan fingerprint density at radius 1 is 1.12 bits per heavy atom. The summed E-state index contributed by atoms with van der Waals surface area (Å²) >= 11 is 0. The van der Waals surface area contributed by atoms with Crippen LogP contribution >= 0.6 is 0 Å². The summed E-state index contributed by atoms with van der Waals surface area (Å²) in [5, 5.41) is 2.80. The first kappa shape index (κ1) is 21.7. The van der Waals surface area contributed by atoms with Crippen LogP contribution in [-0.4, -0.2) is 18.5 Å². The Hall–Kier alpha value is -0.570. The van der Waals surface area contributed by atoms with Crippen molar-refractivity contribution < 1.29 is 4.79 Å². The van der Waals surface area contributed by atoms with Crippen molar-refractivity contribution in [3.63, 3.8) is 0 Å². The molecule has 3 heteroatoms. The molecule has 0 radical (unpaired) electrons. The van der Waals surface area contributed by atoms with Crippen LogP contribution in [0.25, 0.3) is 0 Å². The van der Waals surface area contributed by atoms with E-state index in [1.54, 1.807) is 0 Å². The first-order valence-corrected chi connectivity index (χ1v) is 6.89. The Labute approximate surface area is 109 Å². The second-order valence-electron chi connectivity index (χ2n) is 4.62. The molecule has 3 nitrogen and oxygen atoms in total. The summed E-state index contributed by atoms with van der Waals surface area (Å²) < 4.78 is 0. The third-order valence-electron chi connectivity index (χ3n) is 1.71. The van der Waals surface area contributed by atoms with Gasteiger partial charge < -0.3 is 11.1 Å². The van der Waals surface area contributed by atoms with Gasteiger partial charge in [0.15, 0.2) is 0 Å². The van der Waals surface area contributed by atoms with E-state index in [9.17, 15) is 4.79 Å². The van der Waals surface area contributed by atoms with Crippen molar-refractivity contribution in [1.29, 1.82) is 0 Å². The third kappa shape index (κ3) is 18.0. The Morgan fingerprint density at radius 2 is 1.47 bits per heavy atom. The largest absolute Gasteiger partial charge is 0.354 e. The number of rotatable bonds is 4. The molecule has 0 saturated heterocycles. The standard InChI is InChI=1S/C9H20N2O.C3H8.C2H6/c1-6(2)5-11-9(12)8(10)7(3)4;1-3-2;1-2/h6-8H,5,10H2,1-4H3,(H,11,12);3H2,1-2H3;1-2H3. The molecular weight excluding hydrogens is 212 g/mol. The van der Waals surface area contributed by atoms with Crippen LogP contribution in [-0.2, 0) is 4.79 Å². The van der Waals surface area contributed by atoms with Gasteiger partial charge in [0.1, 0.15) is 0 Å². The molecule has 17 heavy (non-hydrogen) atoms. The van der Waals surface area contributed by atoms with Crippen LogP contribution < -0.4 is 11.1 Å². The predicted octanol–water partition coefficient (Wildman–Crippen LogP) is 3.18. The fourth-order valence-electron chi connectivity index (χ4n) is 0.725. The Bertz CT molecular complexity index is 156. The molecule has 0 aromatic carbocycles. The fraction of sp³-hybridized carbons (Fsp3) is 0.929. The molecular formula is C14H34N2O. The first-order chi connectivity index (χ1) is 7.86. The number of nitrogens with two attached hydrogens (primary N) is 1. The zero-order valence-electron chi connectivity index (χ0n) is 13.1. The molecule has 0 heterocycles. The monoisotopic (exact) mass is 246 g/mol. The molecule has 0 fully saturated rings. The fourth-order valence-corrected chi connectivity index (χ4v) is 0.725. The maximum absolute atomic E-state index is 11.3. The van der Waals surface area contributed by atoms with E-state index in [0.717, 1.165) is 0 Å². The second-order valence-corrected chi connectivity index (χ2v) is 4.62. The average molecular weight is 246 g/mol. The summed E-state index contributed by atoms with van der Waals surface area (Å²) in [7, 11) is 0. The highest BCUT2D eigenvalue weighted by Gasteiger charge is 2.16. The minimum atomic E-state index is -0.372. The molecule has 0 rings (SSSR count). The van der Waals surface area contributed by atoms with Crippen molar-refractivity contribution in [2.24, 2.45) is 17.6 Å².